The third-order valence-corrected chi connectivity index (χ3v) is 6.54. The van der Waals surface area contributed by atoms with E-state index in [9.17, 15) is 4.79 Å². The summed E-state index contributed by atoms with van der Waals surface area (Å²) in [5.74, 6) is 0.158. The molecule has 2 aromatic rings. The Morgan fingerprint density at radius 1 is 0.862 bits per heavy atom. The molecule has 0 N–H and O–H groups in total. The van der Waals surface area contributed by atoms with Crippen LogP contribution in [0.5, 0.6) is 0 Å². The first-order valence-electron chi connectivity index (χ1n) is 9.97. The summed E-state index contributed by atoms with van der Waals surface area (Å²) in [6, 6.07) is 12.5. The maximum atomic E-state index is 11.6. The quantitative estimate of drug-likeness (QED) is 0.709. The van der Waals surface area contributed by atoms with E-state index in [0.29, 0.717) is 10.0 Å². The van der Waals surface area contributed by atoms with Crippen molar-refractivity contribution in [2.75, 3.05) is 56.1 Å². The highest BCUT2D eigenvalue weighted by molar-refractivity contribution is 6.42. The molecule has 0 unspecified atom stereocenters. The van der Waals surface area contributed by atoms with Crippen LogP contribution >= 0.6 is 23.2 Å². The van der Waals surface area contributed by atoms with E-state index in [1.165, 1.54) is 16.9 Å². The number of hydrogen-bond donors (Lipinski definition) is 0. The average molecular weight is 433 g/mol. The molecule has 1 saturated heterocycles. The van der Waals surface area contributed by atoms with Crippen molar-refractivity contribution in [1.29, 1.82) is 0 Å². The van der Waals surface area contributed by atoms with Gasteiger partial charge in [-0.15, -0.1) is 0 Å². The molecule has 4 rings (SSSR count). The normalized spacial score (nSPS) is 17.9. The monoisotopic (exact) mass is 432 g/mol. The maximum absolute atomic E-state index is 11.6. The van der Waals surface area contributed by atoms with Gasteiger partial charge in [-0.25, -0.2) is 0 Å². The number of halogens is 2. The van der Waals surface area contributed by atoms with Gasteiger partial charge in [0.1, 0.15) is 0 Å². The molecule has 154 valence electrons. The highest BCUT2D eigenvalue weighted by Gasteiger charge is 2.23. The highest BCUT2D eigenvalue weighted by atomic mass is 35.5. The zero-order valence-electron chi connectivity index (χ0n) is 16.9. The van der Waals surface area contributed by atoms with Crippen LogP contribution in [-0.2, 0) is 11.3 Å². The molecule has 2 aromatic carbocycles. The smallest absolute Gasteiger partial charge is 0.219 e. The lowest BCUT2D eigenvalue weighted by Gasteiger charge is -2.36. The Hall–Kier alpha value is -1.95. The zero-order valence-corrected chi connectivity index (χ0v) is 18.4. The fourth-order valence-corrected chi connectivity index (χ4v) is 4.41. The van der Waals surface area contributed by atoms with Crippen LogP contribution in [0.1, 0.15) is 12.5 Å². The third-order valence-electron chi connectivity index (χ3n) is 5.80. The molecule has 1 amide bonds. The largest absolute Gasteiger partial charge is 0.368 e. The standard InChI is InChI=1S/C22H26Cl2N4O/c1-16(29)26-8-10-27(11-9-26)18-4-6-22-17(13-18)15-25(2)7-12-28(22)19-3-5-20(23)21(24)14-19/h3-6,13-14H,7-12,15H2,1-2H3. The van der Waals surface area contributed by atoms with Crippen LogP contribution in [0.3, 0.4) is 0 Å². The Morgan fingerprint density at radius 3 is 2.28 bits per heavy atom. The molecule has 0 aromatic heterocycles. The summed E-state index contributed by atoms with van der Waals surface area (Å²) < 4.78 is 0. The van der Waals surface area contributed by atoms with Gasteiger partial charge in [0.25, 0.3) is 0 Å². The van der Waals surface area contributed by atoms with Gasteiger partial charge in [-0.1, -0.05) is 23.2 Å². The lowest BCUT2D eigenvalue weighted by Crippen LogP contribution is -2.48. The fraction of sp³-hybridized carbons (Fsp3) is 0.409. The van der Waals surface area contributed by atoms with E-state index < -0.39 is 0 Å². The second-order valence-electron chi connectivity index (χ2n) is 7.79. The number of carbonyl (C=O) groups excluding carboxylic acids is 1. The molecule has 2 aliphatic rings. The Labute approximate surface area is 182 Å². The Bertz CT molecular complexity index is 912. The molecule has 5 nitrogen and oxygen atoms in total. The van der Waals surface area contributed by atoms with E-state index >= 15 is 0 Å². The minimum atomic E-state index is 0.158. The van der Waals surface area contributed by atoms with Gasteiger partial charge in [0.15, 0.2) is 0 Å². The first-order chi connectivity index (χ1) is 13.9. The molecular formula is C22H26Cl2N4O. The number of likely N-dealkylation sites (N-methyl/N-ethyl adjacent to an activating group) is 1. The van der Waals surface area contributed by atoms with Crippen LogP contribution in [0.2, 0.25) is 10.0 Å². The van der Waals surface area contributed by atoms with E-state index in [-0.39, 0.29) is 5.91 Å². The average Bonchev–Trinajstić information content (AvgIpc) is 2.87. The predicted molar refractivity (Wildman–Crippen MR) is 121 cm³/mol. The second kappa shape index (κ2) is 8.42. The van der Waals surface area contributed by atoms with Crippen LogP contribution in [0.4, 0.5) is 17.1 Å². The predicted octanol–water partition coefficient (Wildman–Crippen LogP) is 4.25. The molecule has 0 bridgehead atoms. The summed E-state index contributed by atoms with van der Waals surface area (Å²) >= 11 is 12.4. The van der Waals surface area contributed by atoms with Crippen molar-refractivity contribution >= 4 is 46.2 Å². The SMILES string of the molecule is CC(=O)N1CCN(c2ccc3c(c2)CN(C)CCN3c2ccc(Cl)c(Cl)c2)CC1. The molecule has 0 atom stereocenters. The summed E-state index contributed by atoms with van der Waals surface area (Å²) in [5, 5.41) is 1.14. The van der Waals surface area contributed by atoms with Gasteiger partial charge >= 0.3 is 0 Å². The van der Waals surface area contributed by atoms with Crippen LogP contribution in [0.15, 0.2) is 36.4 Å². The number of carbonyl (C=O) groups is 1. The van der Waals surface area contributed by atoms with Gasteiger partial charge in [0.2, 0.25) is 5.91 Å². The number of nitrogens with zero attached hydrogens (tertiary/aromatic N) is 4. The summed E-state index contributed by atoms with van der Waals surface area (Å²) in [4.78, 5) is 20.5. The van der Waals surface area contributed by atoms with Gasteiger partial charge in [0.05, 0.1) is 10.0 Å². The summed E-state index contributed by atoms with van der Waals surface area (Å²) in [6.45, 7) is 7.68. The molecule has 0 spiro atoms. The van der Waals surface area contributed by atoms with Gasteiger partial charge in [0, 0.05) is 69.8 Å². The number of rotatable bonds is 2. The van der Waals surface area contributed by atoms with E-state index in [1.54, 1.807) is 6.92 Å². The van der Waals surface area contributed by atoms with Crippen molar-refractivity contribution in [3.63, 3.8) is 0 Å². The van der Waals surface area contributed by atoms with Gasteiger partial charge in [-0.3, -0.25) is 4.79 Å². The van der Waals surface area contributed by atoms with E-state index in [2.05, 4.69) is 39.9 Å². The maximum Gasteiger partial charge on any atom is 0.219 e. The number of amides is 1. The van der Waals surface area contributed by atoms with Crippen molar-refractivity contribution < 1.29 is 4.79 Å². The Kier molecular flexibility index (Phi) is 5.91. The third kappa shape index (κ3) is 4.32. The molecule has 0 saturated carbocycles. The minimum absolute atomic E-state index is 0.158. The molecule has 29 heavy (non-hydrogen) atoms. The Morgan fingerprint density at radius 2 is 1.59 bits per heavy atom. The fourth-order valence-electron chi connectivity index (χ4n) is 4.12. The molecular weight excluding hydrogens is 407 g/mol. The number of hydrogen-bond acceptors (Lipinski definition) is 4. The highest BCUT2D eigenvalue weighted by Crippen LogP contribution is 2.36. The van der Waals surface area contributed by atoms with E-state index in [0.717, 1.165) is 51.5 Å². The first kappa shape index (κ1) is 20.3. The van der Waals surface area contributed by atoms with Crippen molar-refractivity contribution in [2.24, 2.45) is 0 Å². The van der Waals surface area contributed by atoms with Crippen LogP contribution < -0.4 is 9.80 Å². The molecule has 0 aliphatic carbocycles. The number of benzene rings is 2. The van der Waals surface area contributed by atoms with Crippen LogP contribution in [0, 0.1) is 0 Å². The molecule has 7 heteroatoms. The van der Waals surface area contributed by atoms with E-state index in [4.69, 9.17) is 23.2 Å². The van der Waals surface area contributed by atoms with Crippen molar-refractivity contribution in [3.8, 4) is 0 Å². The molecule has 0 radical (unpaired) electrons. The second-order valence-corrected chi connectivity index (χ2v) is 8.61. The van der Waals surface area contributed by atoms with Crippen molar-refractivity contribution in [2.45, 2.75) is 13.5 Å². The number of anilines is 3. The molecule has 1 fully saturated rings. The molecule has 2 aliphatic heterocycles. The topological polar surface area (TPSA) is 30.0 Å². The van der Waals surface area contributed by atoms with Crippen molar-refractivity contribution in [3.05, 3.63) is 52.0 Å². The first-order valence-corrected chi connectivity index (χ1v) is 10.7. The number of piperazine rings is 1. The van der Waals surface area contributed by atoms with Crippen molar-refractivity contribution in [1.82, 2.24) is 9.80 Å². The number of fused-ring (bicyclic) bond motifs is 1. The van der Waals surface area contributed by atoms with Gasteiger partial charge in [-0.05, 0) is 49.0 Å². The summed E-state index contributed by atoms with van der Waals surface area (Å²) in [7, 11) is 2.15. The lowest BCUT2D eigenvalue weighted by molar-refractivity contribution is -0.129. The van der Waals surface area contributed by atoms with Gasteiger partial charge < -0.3 is 19.6 Å². The van der Waals surface area contributed by atoms with Gasteiger partial charge in [-0.2, -0.15) is 0 Å². The van der Waals surface area contributed by atoms with Crippen LogP contribution in [-0.4, -0.2) is 62.0 Å². The molecule has 2 heterocycles. The Balaban J connectivity index is 1.63. The lowest BCUT2D eigenvalue weighted by atomic mass is 10.1. The minimum Gasteiger partial charge on any atom is -0.368 e. The zero-order chi connectivity index (χ0) is 20.5. The summed E-state index contributed by atoms with van der Waals surface area (Å²) in [5.41, 5.74) is 4.77. The van der Waals surface area contributed by atoms with E-state index in [1.807, 2.05) is 23.1 Å². The summed E-state index contributed by atoms with van der Waals surface area (Å²) in [6.07, 6.45) is 0. The van der Waals surface area contributed by atoms with Crippen LogP contribution in [0.25, 0.3) is 0 Å².